The maximum atomic E-state index is 12.1. The monoisotopic (exact) mass is 343 g/mol. The van der Waals surface area contributed by atoms with Gasteiger partial charge in [-0.3, -0.25) is 25.2 Å². The third kappa shape index (κ3) is 5.20. The number of rotatable bonds is 5. The van der Waals surface area contributed by atoms with Gasteiger partial charge in [0.05, 0.1) is 18.0 Å². The molecule has 0 aliphatic heterocycles. The Labute approximate surface area is 145 Å². The molecular formula is C18H21N3O4. The molecule has 1 atom stereocenters. The minimum absolute atomic E-state index is 0.00668. The van der Waals surface area contributed by atoms with E-state index in [4.69, 9.17) is 4.42 Å². The largest absolute Gasteiger partial charge is 0.466 e. The average molecular weight is 343 g/mol. The predicted molar refractivity (Wildman–Crippen MR) is 91.4 cm³/mol. The maximum Gasteiger partial charge on any atom is 0.273 e. The Hall–Kier alpha value is -3.09. The molecule has 0 aliphatic carbocycles. The average Bonchev–Trinajstić information content (AvgIpc) is 2.91. The molecule has 25 heavy (non-hydrogen) atoms. The van der Waals surface area contributed by atoms with E-state index in [1.54, 1.807) is 19.9 Å². The molecule has 3 N–H and O–H groups in total. The molecule has 1 aromatic heterocycles. The second-order valence-corrected chi connectivity index (χ2v) is 5.70. The van der Waals surface area contributed by atoms with Crippen LogP contribution in [0.15, 0.2) is 40.8 Å². The van der Waals surface area contributed by atoms with Crippen molar-refractivity contribution >= 4 is 17.7 Å². The van der Waals surface area contributed by atoms with E-state index >= 15 is 0 Å². The van der Waals surface area contributed by atoms with Crippen LogP contribution in [0, 0.1) is 13.8 Å². The first kappa shape index (κ1) is 18.3. The fourth-order valence-electron chi connectivity index (χ4n) is 2.47. The van der Waals surface area contributed by atoms with Gasteiger partial charge < -0.3 is 9.73 Å². The van der Waals surface area contributed by atoms with Gasteiger partial charge in [-0.05, 0) is 25.5 Å². The lowest BCUT2D eigenvalue weighted by atomic mass is 10.0. The molecule has 0 fully saturated rings. The number of carbonyl (C=O) groups excluding carboxylic acids is 3. The third-order valence-corrected chi connectivity index (χ3v) is 3.57. The highest BCUT2D eigenvalue weighted by Gasteiger charge is 2.18. The summed E-state index contributed by atoms with van der Waals surface area (Å²) >= 11 is 0. The van der Waals surface area contributed by atoms with E-state index in [0.717, 1.165) is 5.56 Å². The minimum Gasteiger partial charge on any atom is -0.466 e. The van der Waals surface area contributed by atoms with E-state index < -0.39 is 17.9 Å². The third-order valence-electron chi connectivity index (χ3n) is 3.57. The normalized spacial score (nSPS) is 11.5. The Morgan fingerprint density at radius 2 is 1.76 bits per heavy atom. The number of benzene rings is 1. The fraction of sp³-hybridized carbons (Fsp3) is 0.278. The van der Waals surface area contributed by atoms with E-state index in [2.05, 4.69) is 16.2 Å². The molecule has 2 aromatic rings. The van der Waals surface area contributed by atoms with E-state index in [0.29, 0.717) is 17.1 Å². The molecule has 2 rings (SSSR count). The number of carbonyl (C=O) groups is 3. The summed E-state index contributed by atoms with van der Waals surface area (Å²) in [5.74, 6) is -0.0315. The zero-order chi connectivity index (χ0) is 18.4. The molecular weight excluding hydrogens is 322 g/mol. The van der Waals surface area contributed by atoms with Gasteiger partial charge in [0.1, 0.15) is 11.5 Å². The van der Waals surface area contributed by atoms with Crippen LogP contribution in [0.25, 0.3) is 0 Å². The molecule has 7 nitrogen and oxygen atoms in total. The Bertz CT molecular complexity index is 768. The SMILES string of the molecule is CC(=O)N[C@@H](CC(=O)NNC(=O)c1cc(C)oc1C)c1ccccc1. The number of nitrogens with one attached hydrogen (secondary N) is 3. The van der Waals surface area contributed by atoms with Crippen LogP contribution in [-0.4, -0.2) is 17.7 Å². The van der Waals surface area contributed by atoms with Crippen molar-refractivity contribution < 1.29 is 18.8 Å². The van der Waals surface area contributed by atoms with Crippen molar-refractivity contribution in [1.82, 2.24) is 16.2 Å². The number of amides is 3. The van der Waals surface area contributed by atoms with Crippen LogP contribution in [0.2, 0.25) is 0 Å². The smallest absolute Gasteiger partial charge is 0.273 e. The molecule has 0 unspecified atom stereocenters. The fourth-order valence-corrected chi connectivity index (χ4v) is 2.47. The van der Waals surface area contributed by atoms with Crippen molar-refractivity contribution in [3.63, 3.8) is 0 Å². The Kier molecular flexibility index (Phi) is 5.94. The van der Waals surface area contributed by atoms with E-state index in [-0.39, 0.29) is 12.3 Å². The van der Waals surface area contributed by atoms with Crippen molar-refractivity contribution in [2.75, 3.05) is 0 Å². The number of hydrazine groups is 1. The first-order valence-electron chi connectivity index (χ1n) is 7.85. The maximum absolute atomic E-state index is 12.1. The Balaban J connectivity index is 1.96. The molecule has 0 bridgehead atoms. The first-order chi connectivity index (χ1) is 11.9. The van der Waals surface area contributed by atoms with Crippen LogP contribution in [0.3, 0.4) is 0 Å². The van der Waals surface area contributed by atoms with E-state index in [9.17, 15) is 14.4 Å². The van der Waals surface area contributed by atoms with Gasteiger partial charge in [0, 0.05) is 6.92 Å². The summed E-state index contributed by atoms with van der Waals surface area (Å²) in [4.78, 5) is 35.6. The van der Waals surface area contributed by atoms with Crippen LogP contribution in [0.4, 0.5) is 0 Å². The molecule has 7 heteroatoms. The lowest BCUT2D eigenvalue weighted by Gasteiger charge is -2.18. The molecule has 132 valence electrons. The molecule has 3 amide bonds. The van der Waals surface area contributed by atoms with Crippen molar-refractivity contribution in [2.45, 2.75) is 33.2 Å². The van der Waals surface area contributed by atoms with Crippen LogP contribution >= 0.6 is 0 Å². The Morgan fingerprint density at radius 1 is 1.08 bits per heavy atom. The summed E-state index contributed by atoms with van der Waals surface area (Å²) in [5.41, 5.74) is 5.88. The van der Waals surface area contributed by atoms with E-state index in [1.807, 2.05) is 30.3 Å². The summed E-state index contributed by atoms with van der Waals surface area (Å²) in [5, 5.41) is 2.73. The van der Waals surface area contributed by atoms with Gasteiger partial charge in [0.2, 0.25) is 11.8 Å². The highest BCUT2D eigenvalue weighted by atomic mass is 16.3. The van der Waals surface area contributed by atoms with Gasteiger partial charge in [-0.25, -0.2) is 0 Å². The molecule has 0 radical (unpaired) electrons. The predicted octanol–water partition coefficient (Wildman–Crippen LogP) is 1.92. The van der Waals surface area contributed by atoms with E-state index in [1.165, 1.54) is 6.92 Å². The summed E-state index contributed by atoms with van der Waals surface area (Å²) in [7, 11) is 0. The van der Waals surface area contributed by atoms with Crippen LogP contribution in [0.5, 0.6) is 0 Å². The zero-order valence-corrected chi connectivity index (χ0v) is 14.4. The molecule has 0 spiro atoms. The number of furan rings is 1. The summed E-state index contributed by atoms with van der Waals surface area (Å²) in [6, 6.07) is 10.3. The molecule has 1 aromatic carbocycles. The van der Waals surface area contributed by atoms with Crippen molar-refractivity contribution in [1.29, 1.82) is 0 Å². The molecule has 0 saturated carbocycles. The van der Waals surface area contributed by atoms with Gasteiger partial charge in [-0.2, -0.15) is 0 Å². The minimum atomic E-state index is -0.478. The van der Waals surface area contributed by atoms with Gasteiger partial charge >= 0.3 is 0 Å². The van der Waals surface area contributed by atoms with Crippen LogP contribution < -0.4 is 16.2 Å². The topological polar surface area (TPSA) is 100 Å². The highest BCUT2D eigenvalue weighted by molar-refractivity contribution is 5.96. The van der Waals surface area contributed by atoms with Crippen LogP contribution in [-0.2, 0) is 9.59 Å². The summed E-state index contributed by atoms with van der Waals surface area (Å²) in [6.07, 6.45) is -0.00668. The summed E-state index contributed by atoms with van der Waals surface area (Å²) in [6.45, 7) is 4.80. The lowest BCUT2D eigenvalue weighted by Crippen LogP contribution is -2.43. The van der Waals surface area contributed by atoms with Crippen molar-refractivity contribution in [3.8, 4) is 0 Å². The molecule has 0 aliphatic rings. The quantitative estimate of drug-likeness (QED) is 0.722. The second kappa shape index (κ2) is 8.14. The zero-order valence-electron chi connectivity index (χ0n) is 14.4. The number of hydrogen-bond donors (Lipinski definition) is 3. The van der Waals surface area contributed by atoms with Crippen molar-refractivity contribution in [3.05, 3.63) is 59.0 Å². The van der Waals surface area contributed by atoms with Gasteiger partial charge in [-0.1, -0.05) is 30.3 Å². The second-order valence-electron chi connectivity index (χ2n) is 5.70. The molecule has 1 heterocycles. The standard InChI is InChI=1S/C18H21N3O4/c1-11-9-15(12(2)25-11)18(24)21-20-17(23)10-16(19-13(3)22)14-7-5-4-6-8-14/h4-9,16H,10H2,1-3H3,(H,19,22)(H,20,23)(H,21,24)/t16-/m0/s1. The number of aryl methyl sites for hydroxylation is 2. The molecule has 0 saturated heterocycles. The number of hydrogen-bond acceptors (Lipinski definition) is 4. The van der Waals surface area contributed by atoms with Crippen LogP contribution in [0.1, 0.15) is 46.8 Å². The Morgan fingerprint density at radius 3 is 2.32 bits per heavy atom. The highest BCUT2D eigenvalue weighted by Crippen LogP contribution is 2.16. The van der Waals surface area contributed by atoms with Gasteiger partial charge in [-0.15, -0.1) is 0 Å². The van der Waals surface area contributed by atoms with Gasteiger partial charge in [0.15, 0.2) is 0 Å². The van der Waals surface area contributed by atoms with Crippen molar-refractivity contribution in [2.24, 2.45) is 0 Å². The summed E-state index contributed by atoms with van der Waals surface area (Å²) < 4.78 is 5.29. The lowest BCUT2D eigenvalue weighted by molar-refractivity contribution is -0.123. The van der Waals surface area contributed by atoms with Gasteiger partial charge in [0.25, 0.3) is 5.91 Å². The first-order valence-corrected chi connectivity index (χ1v) is 7.85.